The van der Waals surface area contributed by atoms with Crippen LogP contribution in [0.3, 0.4) is 0 Å². The van der Waals surface area contributed by atoms with E-state index in [-0.39, 0.29) is 12.5 Å². The number of carbonyl (C=O) groups is 1. The number of hydrogen-bond acceptors (Lipinski definition) is 4. The number of aliphatic imine (C=N–C) groups is 1. The number of hydrogen-bond donors (Lipinski definition) is 2. The first kappa shape index (κ1) is 11.9. The van der Waals surface area contributed by atoms with Gasteiger partial charge in [0.05, 0.1) is 12.5 Å². The normalized spacial score (nSPS) is 24.6. The Labute approximate surface area is 111 Å². The van der Waals surface area contributed by atoms with Crippen LogP contribution >= 0.6 is 0 Å². The Kier molecular flexibility index (Phi) is 2.64. The van der Waals surface area contributed by atoms with Crippen LogP contribution in [0.2, 0.25) is 0 Å². The van der Waals surface area contributed by atoms with Gasteiger partial charge in [-0.3, -0.25) is 9.80 Å². The number of carboxylic acids is 1. The van der Waals surface area contributed by atoms with Gasteiger partial charge in [0, 0.05) is 22.6 Å². The Morgan fingerprint density at radius 2 is 2.26 bits per heavy atom. The minimum atomic E-state index is -0.837. The molecule has 0 spiro atoms. The number of carboxylic acid groups (broad SMARTS) is 1. The van der Waals surface area contributed by atoms with Crippen molar-refractivity contribution in [1.82, 2.24) is 10.4 Å². The molecular formula is C14H15N3O2. The highest BCUT2D eigenvalue weighted by Crippen LogP contribution is 2.34. The number of fused-ring (bicyclic) bond motifs is 2. The maximum absolute atomic E-state index is 10.9. The first-order valence-electron chi connectivity index (χ1n) is 6.20. The van der Waals surface area contributed by atoms with Crippen LogP contribution in [0.25, 0.3) is 0 Å². The molecule has 5 nitrogen and oxygen atoms in total. The molecule has 0 aromatic heterocycles. The maximum atomic E-state index is 10.9. The van der Waals surface area contributed by atoms with E-state index in [1.807, 2.05) is 37.1 Å². The quantitative estimate of drug-likeness (QED) is 0.790. The van der Waals surface area contributed by atoms with Crippen molar-refractivity contribution in [3.8, 4) is 0 Å². The molecule has 1 aliphatic carbocycles. The molecule has 1 atom stereocenters. The van der Waals surface area contributed by atoms with Crippen LogP contribution in [-0.4, -0.2) is 27.8 Å². The van der Waals surface area contributed by atoms with Crippen molar-refractivity contribution in [2.45, 2.75) is 26.3 Å². The molecule has 0 amide bonds. The summed E-state index contributed by atoms with van der Waals surface area (Å²) < 4.78 is 0. The second-order valence-corrected chi connectivity index (χ2v) is 4.80. The highest BCUT2D eigenvalue weighted by Gasteiger charge is 2.34. The summed E-state index contributed by atoms with van der Waals surface area (Å²) in [6.45, 7) is 3.79. The maximum Gasteiger partial charge on any atom is 0.307 e. The van der Waals surface area contributed by atoms with Gasteiger partial charge >= 0.3 is 5.97 Å². The van der Waals surface area contributed by atoms with Crippen molar-refractivity contribution in [1.29, 1.82) is 0 Å². The molecule has 0 aromatic carbocycles. The van der Waals surface area contributed by atoms with Crippen LogP contribution in [0.1, 0.15) is 20.3 Å². The third kappa shape index (κ3) is 1.82. The zero-order chi connectivity index (χ0) is 13.6. The second kappa shape index (κ2) is 4.20. The summed E-state index contributed by atoms with van der Waals surface area (Å²) >= 11 is 0. The van der Waals surface area contributed by atoms with Crippen molar-refractivity contribution in [2.75, 3.05) is 0 Å². The minimum absolute atomic E-state index is 0.00168. The Hall–Kier alpha value is -2.14. The van der Waals surface area contributed by atoms with Crippen molar-refractivity contribution >= 4 is 11.7 Å². The highest BCUT2D eigenvalue weighted by atomic mass is 16.4. The van der Waals surface area contributed by atoms with Gasteiger partial charge in [-0.2, -0.15) is 0 Å². The first-order chi connectivity index (χ1) is 9.08. The average molecular weight is 257 g/mol. The summed E-state index contributed by atoms with van der Waals surface area (Å²) in [5.41, 5.74) is 6.92. The summed E-state index contributed by atoms with van der Waals surface area (Å²) in [5.74, 6) is 0.0335. The lowest BCUT2D eigenvalue weighted by Gasteiger charge is -2.28. The van der Waals surface area contributed by atoms with Crippen LogP contribution in [0.5, 0.6) is 0 Å². The molecule has 2 N–H and O–H groups in total. The van der Waals surface area contributed by atoms with Gasteiger partial charge in [-0.15, -0.1) is 0 Å². The van der Waals surface area contributed by atoms with Crippen LogP contribution < -0.4 is 5.43 Å². The van der Waals surface area contributed by atoms with E-state index >= 15 is 0 Å². The lowest BCUT2D eigenvalue weighted by atomic mass is 10.0. The molecule has 3 aliphatic rings. The Morgan fingerprint density at radius 3 is 3.00 bits per heavy atom. The lowest BCUT2D eigenvalue weighted by molar-refractivity contribution is -0.136. The first-order valence-corrected chi connectivity index (χ1v) is 6.20. The monoisotopic (exact) mass is 257 g/mol. The van der Waals surface area contributed by atoms with Gasteiger partial charge in [-0.05, 0) is 13.8 Å². The third-order valence-electron chi connectivity index (χ3n) is 3.57. The van der Waals surface area contributed by atoms with E-state index in [9.17, 15) is 4.79 Å². The van der Waals surface area contributed by atoms with Crippen molar-refractivity contribution in [3.05, 3.63) is 47.0 Å². The van der Waals surface area contributed by atoms with E-state index in [0.717, 1.165) is 28.4 Å². The Balaban J connectivity index is 2.05. The fraction of sp³-hybridized carbons (Fsp3) is 0.286. The summed E-state index contributed by atoms with van der Waals surface area (Å²) in [6.07, 6.45) is 8.09. The van der Waals surface area contributed by atoms with E-state index in [4.69, 9.17) is 5.11 Å². The number of nitrogens with zero attached hydrogens (tertiary/aromatic N) is 2. The molecule has 3 rings (SSSR count). The predicted molar refractivity (Wildman–Crippen MR) is 72.1 cm³/mol. The van der Waals surface area contributed by atoms with Gasteiger partial charge in [0.2, 0.25) is 0 Å². The topological polar surface area (TPSA) is 64.9 Å². The van der Waals surface area contributed by atoms with Gasteiger partial charge in [0.25, 0.3) is 0 Å². The SMILES string of the molecule is CC1=NC2=C3C=CC=C[C@@H]3NN2C(C)=C1CC(=O)O. The summed E-state index contributed by atoms with van der Waals surface area (Å²) in [6, 6.07) is 0.121. The molecule has 0 saturated carbocycles. The fourth-order valence-corrected chi connectivity index (χ4v) is 2.60. The second-order valence-electron chi connectivity index (χ2n) is 4.80. The van der Waals surface area contributed by atoms with Gasteiger partial charge in [0.15, 0.2) is 5.82 Å². The third-order valence-corrected chi connectivity index (χ3v) is 3.57. The standard InChI is InChI=1S/C14H15N3O2/c1-8-11(7-13(18)19)9(2)17-14(15-8)10-5-3-4-6-12(10)16-17/h3-6,12,16H,7H2,1-2H3,(H,18,19)/t12-/m0/s1. The van der Waals surface area contributed by atoms with E-state index < -0.39 is 5.97 Å². The predicted octanol–water partition coefficient (Wildman–Crippen LogP) is 1.74. The van der Waals surface area contributed by atoms with Crippen LogP contribution in [-0.2, 0) is 4.79 Å². The summed E-state index contributed by atoms with van der Waals surface area (Å²) in [4.78, 5) is 15.5. The minimum Gasteiger partial charge on any atom is -0.481 e. The molecule has 2 aliphatic heterocycles. The number of aliphatic carboxylic acids is 1. The lowest BCUT2D eigenvalue weighted by Crippen LogP contribution is -2.38. The number of hydrazine groups is 1. The summed E-state index contributed by atoms with van der Waals surface area (Å²) in [5, 5.41) is 10.9. The van der Waals surface area contributed by atoms with Gasteiger partial charge in [0.1, 0.15) is 0 Å². The fourth-order valence-electron chi connectivity index (χ4n) is 2.60. The zero-order valence-electron chi connectivity index (χ0n) is 10.8. The number of allylic oxidation sites excluding steroid dienone is 3. The molecule has 5 heteroatoms. The number of nitrogens with one attached hydrogen (secondary N) is 1. The van der Waals surface area contributed by atoms with Crippen LogP contribution in [0, 0.1) is 0 Å². The summed E-state index contributed by atoms with van der Waals surface area (Å²) in [7, 11) is 0. The van der Waals surface area contributed by atoms with E-state index in [2.05, 4.69) is 16.5 Å². The Morgan fingerprint density at radius 1 is 1.47 bits per heavy atom. The van der Waals surface area contributed by atoms with Gasteiger partial charge in [-0.25, -0.2) is 10.4 Å². The van der Waals surface area contributed by atoms with Crippen LogP contribution in [0.15, 0.2) is 52.0 Å². The van der Waals surface area contributed by atoms with E-state index in [1.54, 1.807) is 0 Å². The zero-order valence-corrected chi connectivity index (χ0v) is 10.8. The molecule has 0 bridgehead atoms. The molecule has 0 unspecified atom stereocenters. The van der Waals surface area contributed by atoms with Gasteiger partial charge in [-0.1, -0.05) is 24.3 Å². The van der Waals surface area contributed by atoms with Crippen molar-refractivity contribution in [2.24, 2.45) is 4.99 Å². The molecule has 0 fully saturated rings. The van der Waals surface area contributed by atoms with E-state index in [1.165, 1.54) is 0 Å². The molecule has 0 radical (unpaired) electrons. The largest absolute Gasteiger partial charge is 0.481 e. The van der Waals surface area contributed by atoms with Crippen LogP contribution in [0.4, 0.5) is 0 Å². The average Bonchev–Trinajstić information content (AvgIpc) is 2.73. The smallest absolute Gasteiger partial charge is 0.307 e. The van der Waals surface area contributed by atoms with Crippen molar-refractivity contribution in [3.63, 3.8) is 0 Å². The molecule has 19 heavy (non-hydrogen) atoms. The molecule has 0 aromatic rings. The number of rotatable bonds is 2. The Bertz CT molecular complexity index is 608. The molecule has 2 heterocycles. The molecular weight excluding hydrogens is 242 g/mol. The van der Waals surface area contributed by atoms with Crippen molar-refractivity contribution < 1.29 is 9.90 Å². The van der Waals surface area contributed by atoms with Gasteiger partial charge < -0.3 is 5.11 Å². The molecule has 98 valence electrons. The highest BCUT2D eigenvalue weighted by molar-refractivity contribution is 6.03. The molecule has 0 saturated heterocycles. The van der Waals surface area contributed by atoms with E-state index in [0.29, 0.717) is 0 Å².